The number of benzene rings is 1. The number of hydrogen-bond donors (Lipinski definition) is 1. The number of aliphatic hydroxyl groups is 1. The Morgan fingerprint density at radius 2 is 2.00 bits per heavy atom. The van der Waals surface area contributed by atoms with Gasteiger partial charge in [0.15, 0.2) is 0 Å². The van der Waals surface area contributed by atoms with Crippen LogP contribution in [0.2, 0.25) is 0 Å². The monoisotopic (exact) mass is 468 g/mol. The first-order chi connectivity index (χ1) is 16.0. The van der Waals surface area contributed by atoms with E-state index in [9.17, 15) is 9.90 Å². The van der Waals surface area contributed by atoms with Crippen LogP contribution in [0.25, 0.3) is 17.5 Å². The SMILES string of the molecule is C=Cc1ccc(-c2noc(C3CCN(C(=O)OC(C)(C)C)CC3)n2)cc1N(C)C1CC(C)(O)C1. The van der Waals surface area contributed by atoms with E-state index in [1.54, 1.807) is 4.90 Å². The van der Waals surface area contributed by atoms with Crippen LogP contribution in [0.5, 0.6) is 0 Å². The van der Waals surface area contributed by atoms with Gasteiger partial charge in [-0.3, -0.25) is 0 Å². The predicted octanol–water partition coefficient (Wildman–Crippen LogP) is 4.84. The molecule has 0 atom stereocenters. The number of ether oxygens (including phenoxy) is 1. The summed E-state index contributed by atoms with van der Waals surface area (Å²) in [5.74, 6) is 1.28. The molecule has 1 saturated carbocycles. The van der Waals surface area contributed by atoms with Crippen molar-refractivity contribution in [1.29, 1.82) is 0 Å². The summed E-state index contributed by atoms with van der Waals surface area (Å²) in [6.45, 7) is 12.6. The lowest BCUT2D eigenvalue weighted by atomic mass is 9.76. The second-order valence-electron chi connectivity index (χ2n) is 10.8. The second-order valence-corrected chi connectivity index (χ2v) is 10.8. The van der Waals surface area contributed by atoms with Crippen LogP contribution >= 0.6 is 0 Å². The van der Waals surface area contributed by atoms with Gasteiger partial charge in [-0.1, -0.05) is 29.9 Å². The van der Waals surface area contributed by atoms with Gasteiger partial charge in [0.2, 0.25) is 11.7 Å². The number of nitrogens with zero attached hydrogens (tertiary/aromatic N) is 4. The lowest BCUT2D eigenvalue weighted by Gasteiger charge is -2.46. The molecule has 1 saturated heterocycles. The molecule has 0 bridgehead atoms. The van der Waals surface area contributed by atoms with Crippen LogP contribution in [-0.2, 0) is 4.74 Å². The molecule has 0 unspecified atom stereocenters. The van der Waals surface area contributed by atoms with Gasteiger partial charge in [-0.15, -0.1) is 0 Å². The van der Waals surface area contributed by atoms with Gasteiger partial charge in [0.05, 0.1) is 5.60 Å². The number of carbonyl (C=O) groups is 1. The van der Waals surface area contributed by atoms with Gasteiger partial charge in [0.1, 0.15) is 5.60 Å². The third-order valence-electron chi connectivity index (χ3n) is 6.72. The quantitative estimate of drug-likeness (QED) is 0.671. The number of anilines is 1. The number of hydrogen-bond acceptors (Lipinski definition) is 7. The minimum absolute atomic E-state index is 0.117. The van der Waals surface area contributed by atoms with Crippen molar-refractivity contribution in [3.8, 4) is 11.4 Å². The summed E-state index contributed by atoms with van der Waals surface area (Å²) in [4.78, 5) is 21.0. The minimum Gasteiger partial charge on any atom is -0.444 e. The smallest absolute Gasteiger partial charge is 0.410 e. The highest BCUT2D eigenvalue weighted by Gasteiger charge is 2.41. The van der Waals surface area contributed by atoms with Gasteiger partial charge in [0.25, 0.3) is 0 Å². The van der Waals surface area contributed by atoms with Crippen LogP contribution < -0.4 is 4.90 Å². The van der Waals surface area contributed by atoms with Crippen molar-refractivity contribution in [1.82, 2.24) is 15.0 Å². The van der Waals surface area contributed by atoms with Crippen molar-refractivity contribution >= 4 is 17.9 Å². The molecule has 8 nitrogen and oxygen atoms in total. The van der Waals surface area contributed by atoms with E-state index in [0.717, 1.165) is 42.5 Å². The number of rotatable bonds is 5. The maximum atomic E-state index is 12.3. The number of carbonyl (C=O) groups excluding carboxylic acids is 1. The molecule has 1 aromatic heterocycles. The molecule has 1 aliphatic heterocycles. The molecule has 0 spiro atoms. The van der Waals surface area contributed by atoms with Crippen LogP contribution in [-0.4, -0.2) is 63.6 Å². The first-order valence-electron chi connectivity index (χ1n) is 12.0. The molecular weight excluding hydrogens is 432 g/mol. The minimum atomic E-state index is -0.591. The molecule has 4 rings (SSSR count). The van der Waals surface area contributed by atoms with Crippen LogP contribution in [0, 0.1) is 0 Å². The van der Waals surface area contributed by atoms with Crippen LogP contribution in [0.4, 0.5) is 10.5 Å². The molecule has 34 heavy (non-hydrogen) atoms. The van der Waals surface area contributed by atoms with Gasteiger partial charge in [-0.05, 0) is 65.0 Å². The van der Waals surface area contributed by atoms with Crippen molar-refractivity contribution in [2.24, 2.45) is 0 Å². The first-order valence-corrected chi connectivity index (χ1v) is 12.0. The summed E-state index contributed by atoms with van der Waals surface area (Å²) in [6.07, 6.45) is 4.55. The standard InChI is InChI=1S/C26H36N4O4/c1-7-17-8-9-19(14-21(17)29(6)20-15-26(5,32)16-20)22-27-23(34-28-22)18-10-12-30(13-11-18)24(31)33-25(2,3)4/h7-9,14,18,20,32H,1,10-13,15-16H2,2-6H3. The summed E-state index contributed by atoms with van der Waals surface area (Å²) >= 11 is 0. The highest BCUT2D eigenvalue weighted by Crippen LogP contribution is 2.39. The molecule has 184 valence electrons. The summed E-state index contributed by atoms with van der Waals surface area (Å²) in [5.41, 5.74) is 1.84. The third-order valence-corrected chi connectivity index (χ3v) is 6.72. The molecule has 1 aliphatic carbocycles. The van der Waals surface area contributed by atoms with Gasteiger partial charge in [0, 0.05) is 43.3 Å². The Balaban J connectivity index is 1.44. The maximum absolute atomic E-state index is 12.3. The van der Waals surface area contributed by atoms with Gasteiger partial charge < -0.3 is 24.2 Å². The Bertz CT molecular complexity index is 1040. The molecule has 8 heteroatoms. The number of likely N-dealkylation sites (tertiary alicyclic amines) is 1. The van der Waals surface area contributed by atoms with Crippen molar-refractivity contribution in [3.05, 3.63) is 36.2 Å². The van der Waals surface area contributed by atoms with Gasteiger partial charge in [-0.2, -0.15) is 4.98 Å². The summed E-state index contributed by atoms with van der Waals surface area (Å²) in [5, 5.41) is 14.4. The van der Waals surface area contributed by atoms with Gasteiger partial charge in [-0.25, -0.2) is 4.79 Å². The highest BCUT2D eigenvalue weighted by atomic mass is 16.6. The normalized spacial score (nSPS) is 23.4. The van der Waals surface area contributed by atoms with Crippen LogP contribution in [0.3, 0.4) is 0 Å². The average Bonchev–Trinajstić information content (AvgIpc) is 3.25. The first kappa shape index (κ1) is 24.3. The molecule has 1 N–H and O–H groups in total. The van der Waals surface area contributed by atoms with E-state index < -0.39 is 11.2 Å². The highest BCUT2D eigenvalue weighted by molar-refractivity contribution is 5.73. The van der Waals surface area contributed by atoms with E-state index >= 15 is 0 Å². The zero-order valence-corrected chi connectivity index (χ0v) is 20.9. The molecule has 1 amide bonds. The average molecular weight is 469 g/mol. The molecule has 2 aromatic rings. The fourth-order valence-electron chi connectivity index (χ4n) is 4.74. The topological polar surface area (TPSA) is 91.9 Å². The zero-order chi connectivity index (χ0) is 24.7. The number of aromatic nitrogens is 2. The fraction of sp³-hybridized carbons (Fsp3) is 0.577. The number of amides is 1. The van der Waals surface area contributed by atoms with E-state index in [2.05, 4.69) is 22.7 Å². The molecule has 2 heterocycles. The lowest BCUT2D eigenvalue weighted by Crippen LogP contribution is -2.52. The zero-order valence-electron chi connectivity index (χ0n) is 20.9. The molecule has 1 aromatic carbocycles. The Morgan fingerprint density at radius 3 is 2.59 bits per heavy atom. The van der Waals surface area contributed by atoms with E-state index in [0.29, 0.717) is 24.8 Å². The predicted molar refractivity (Wildman–Crippen MR) is 132 cm³/mol. The molecule has 2 aliphatic rings. The van der Waals surface area contributed by atoms with E-state index in [1.165, 1.54) is 0 Å². The molecular formula is C26H36N4O4. The van der Waals surface area contributed by atoms with Crippen molar-refractivity contribution in [3.63, 3.8) is 0 Å². The largest absolute Gasteiger partial charge is 0.444 e. The summed E-state index contributed by atoms with van der Waals surface area (Å²) < 4.78 is 11.1. The Labute approximate surface area is 201 Å². The Kier molecular flexibility index (Phi) is 6.46. The lowest BCUT2D eigenvalue weighted by molar-refractivity contribution is -0.0298. The molecule has 0 radical (unpaired) electrons. The van der Waals surface area contributed by atoms with Gasteiger partial charge >= 0.3 is 6.09 Å². The maximum Gasteiger partial charge on any atom is 0.410 e. The summed E-state index contributed by atoms with van der Waals surface area (Å²) in [7, 11) is 2.05. The van der Waals surface area contributed by atoms with E-state index in [4.69, 9.17) is 14.2 Å². The molecule has 2 fully saturated rings. The third kappa shape index (κ3) is 5.27. The van der Waals surface area contributed by atoms with E-state index in [-0.39, 0.29) is 18.1 Å². The number of piperidine rings is 1. The second kappa shape index (κ2) is 9.06. The van der Waals surface area contributed by atoms with Crippen LogP contribution in [0.15, 0.2) is 29.3 Å². The Hall–Kier alpha value is -2.87. The summed E-state index contributed by atoms with van der Waals surface area (Å²) in [6, 6.07) is 6.33. The van der Waals surface area contributed by atoms with Crippen molar-refractivity contribution in [2.75, 3.05) is 25.0 Å². The van der Waals surface area contributed by atoms with Crippen molar-refractivity contribution < 1.29 is 19.2 Å². The Morgan fingerprint density at radius 1 is 1.32 bits per heavy atom. The van der Waals surface area contributed by atoms with Crippen molar-refractivity contribution in [2.45, 2.75) is 76.5 Å². The fourth-order valence-corrected chi connectivity index (χ4v) is 4.74. The van der Waals surface area contributed by atoms with Crippen LogP contribution in [0.1, 0.15) is 70.8 Å². The van der Waals surface area contributed by atoms with E-state index in [1.807, 2.05) is 53.0 Å².